The van der Waals surface area contributed by atoms with Crippen LogP contribution in [0.25, 0.3) is 0 Å². The molecule has 1 amide bonds. The second-order valence-electron chi connectivity index (χ2n) is 6.04. The molecule has 0 aromatic heterocycles. The number of carbonyl (C=O) groups is 1. The van der Waals surface area contributed by atoms with Gasteiger partial charge in [-0.15, -0.1) is 0 Å². The Morgan fingerprint density at radius 3 is 2.33 bits per heavy atom. The summed E-state index contributed by atoms with van der Waals surface area (Å²) in [6.07, 6.45) is 4.08. The predicted molar refractivity (Wildman–Crippen MR) is 85.5 cm³/mol. The van der Waals surface area contributed by atoms with Crippen LogP contribution in [0.4, 0.5) is 5.69 Å². The highest BCUT2D eigenvalue weighted by molar-refractivity contribution is 5.94. The van der Waals surface area contributed by atoms with Gasteiger partial charge in [0.15, 0.2) is 0 Å². The second-order valence-corrected chi connectivity index (χ2v) is 6.04. The number of carbonyl (C=O) groups excluding carboxylic acids is 1. The van der Waals surface area contributed by atoms with Gasteiger partial charge in [-0.25, -0.2) is 0 Å². The van der Waals surface area contributed by atoms with Crippen molar-refractivity contribution in [2.45, 2.75) is 45.6 Å². The van der Waals surface area contributed by atoms with Gasteiger partial charge in [-0.2, -0.15) is 0 Å². The third-order valence-corrected chi connectivity index (χ3v) is 4.56. The van der Waals surface area contributed by atoms with Gasteiger partial charge in [0.2, 0.25) is 0 Å². The van der Waals surface area contributed by atoms with Crippen molar-refractivity contribution in [3.8, 4) is 0 Å². The van der Waals surface area contributed by atoms with Crippen LogP contribution >= 0.6 is 0 Å². The summed E-state index contributed by atoms with van der Waals surface area (Å²) in [4.78, 5) is 11.9. The van der Waals surface area contributed by atoms with Crippen LogP contribution < -0.4 is 10.6 Å². The third-order valence-electron chi connectivity index (χ3n) is 4.56. The summed E-state index contributed by atoms with van der Waals surface area (Å²) in [6.45, 7) is 5.14. The number of aliphatic hydroxyl groups is 1. The molecule has 0 heterocycles. The van der Waals surface area contributed by atoms with E-state index in [-0.39, 0.29) is 17.9 Å². The van der Waals surface area contributed by atoms with E-state index in [2.05, 4.69) is 24.5 Å². The number of rotatable bonds is 8. The van der Waals surface area contributed by atoms with Crippen molar-refractivity contribution in [3.05, 3.63) is 29.8 Å². The molecule has 0 aliphatic heterocycles. The topological polar surface area (TPSA) is 61.4 Å². The van der Waals surface area contributed by atoms with Crippen molar-refractivity contribution < 1.29 is 9.90 Å². The molecule has 1 aliphatic carbocycles. The smallest absolute Gasteiger partial charge is 0.251 e. The molecule has 0 saturated heterocycles. The summed E-state index contributed by atoms with van der Waals surface area (Å²) >= 11 is 0. The van der Waals surface area contributed by atoms with Gasteiger partial charge in [0.05, 0.1) is 6.61 Å². The molecule has 1 fully saturated rings. The van der Waals surface area contributed by atoms with Crippen LogP contribution in [-0.2, 0) is 0 Å². The molecule has 1 aliphatic rings. The summed E-state index contributed by atoms with van der Waals surface area (Å²) in [6, 6.07) is 7.93. The first-order valence-corrected chi connectivity index (χ1v) is 7.88. The van der Waals surface area contributed by atoms with Crippen molar-refractivity contribution in [1.29, 1.82) is 0 Å². The van der Waals surface area contributed by atoms with Crippen molar-refractivity contribution in [3.63, 3.8) is 0 Å². The van der Waals surface area contributed by atoms with Crippen LogP contribution in [0.15, 0.2) is 24.3 Å². The molecule has 2 rings (SSSR count). The SMILES string of the molecule is CCC(CC)(CO)CNc1ccc(C(=O)NC2CC2)cc1. The Bertz CT molecular complexity index is 454. The van der Waals surface area contributed by atoms with E-state index in [1.165, 1.54) is 0 Å². The standard InChI is InChI=1S/C17H26N2O2/c1-3-17(4-2,12-20)11-18-14-7-5-13(6-8-14)16(21)19-15-9-10-15/h5-8,15,18,20H,3-4,9-12H2,1-2H3,(H,19,21). The summed E-state index contributed by atoms with van der Waals surface area (Å²) in [5.74, 6) is 0.0101. The zero-order chi connectivity index (χ0) is 15.3. The molecular formula is C17H26N2O2. The number of hydrogen-bond donors (Lipinski definition) is 3. The predicted octanol–water partition coefficient (Wildman–Crippen LogP) is 2.79. The highest BCUT2D eigenvalue weighted by Crippen LogP contribution is 2.26. The molecule has 1 saturated carbocycles. The lowest BCUT2D eigenvalue weighted by atomic mass is 9.83. The van der Waals surface area contributed by atoms with E-state index in [9.17, 15) is 9.90 Å². The third kappa shape index (κ3) is 4.21. The van der Waals surface area contributed by atoms with E-state index in [4.69, 9.17) is 0 Å². The van der Waals surface area contributed by atoms with Gasteiger partial charge in [0.1, 0.15) is 0 Å². The van der Waals surface area contributed by atoms with E-state index in [1.807, 2.05) is 24.3 Å². The van der Waals surface area contributed by atoms with E-state index in [0.29, 0.717) is 11.6 Å². The molecule has 116 valence electrons. The molecular weight excluding hydrogens is 264 g/mol. The maximum Gasteiger partial charge on any atom is 0.251 e. The molecule has 0 radical (unpaired) electrons. The molecule has 1 aromatic carbocycles. The molecule has 0 atom stereocenters. The fraction of sp³-hybridized carbons (Fsp3) is 0.588. The molecule has 1 aromatic rings. The number of aliphatic hydroxyl groups excluding tert-OH is 1. The molecule has 0 spiro atoms. The molecule has 3 N–H and O–H groups in total. The Balaban J connectivity index is 1.91. The summed E-state index contributed by atoms with van der Waals surface area (Å²) < 4.78 is 0. The Morgan fingerprint density at radius 2 is 1.86 bits per heavy atom. The lowest BCUT2D eigenvalue weighted by Gasteiger charge is -2.30. The number of nitrogens with one attached hydrogen (secondary N) is 2. The monoisotopic (exact) mass is 290 g/mol. The average molecular weight is 290 g/mol. The minimum atomic E-state index is -0.0674. The fourth-order valence-electron chi connectivity index (χ4n) is 2.30. The van der Waals surface area contributed by atoms with Gasteiger partial charge < -0.3 is 15.7 Å². The van der Waals surface area contributed by atoms with E-state index in [1.54, 1.807) is 0 Å². The fourth-order valence-corrected chi connectivity index (χ4v) is 2.30. The largest absolute Gasteiger partial charge is 0.396 e. The van der Waals surface area contributed by atoms with Crippen LogP contribution in [0.5, 0.6) is 0 Å². The van der Waals surface area contributed by atoms with Crippen molar-refractivity contribution in [2.24, 2.45) is 5.41 Å². The Morgan fingerprint density at radius 1 is 1.24 bits per heavy atom. The van der Waals surface area contributed by atoms with Crippen LogP contribution in [0.3, 0.4) is 0 Å². The number of anilines is 1. The molecule has 4 heteroatoms. The number of benzene rings is 1. The van der Waals surface area contributed by atoms with Crippen molar-refractivity contribution in [1.82, 2.24) is 5.32 Å². The maximum absolute atomic E-state index is 11.9. The van der Waals surface area contributed by atoms with Gasteiger partial charge in [-0.3, -0.25) is 4.79 Å². The first kappa shape index (κ1) is 15.8. The highest BCUT2D eigenvalue weighted by Gasteiger charge is 2.25. The summed E-state index contributed by atoms with van der Waals surface area (Å²) in [7, 11) is 0. The molecule has 0 unspecified atom stereocenters. The Labute approximate surface area is 126 Å². The highest BCUT2D eigenvalue weighted by atomic mass is 16.3. The zero-order valence-electron chi connectivity index (χ0n) is 13.0. The van der Waals surface area contributed by atoms with E-state index < -0.39 is 0 Å². The molecule has 0 bridgehead atoms. The average Bonchev–Trinajstić information content (AvgIpc) is 3.34. The number of hydrogen-bond acceptors (Lipinski definition) is 3. The first-order chi connectivity index (χ1) is 10.1. The number of amides is 1. The minimum Gasteiger partial charge on any atom is -0.396 e. The normalized spacial score (nSPS) is 14.8. The van der Waals surface area contributed by atoms with E-state index in [0.717, 1.165) is 37.9 Å². The van der Waals surface area contributed by atoms with Crippen LogP contribution in [0.2, 0.25) is 0 Å². The summed E-state index contributed by atoms with van der Waals surface area (Å²) in [5, 5.41) is 15.9. The maximum atomic E-state index is 11.9. The van der Waals surface area contributed by atoms with Gasteiger partial charge >= 0.3 is 0 Å². The Kier molecular flexibility index (Phi) is 5.23. The minimum absolute atomic E-state index is 0.0101. The second kappa shape index (κ2) is 6.94. The van der Waals surface area contributed by atoms with Gasteiger partial charge in [-0.1, -0.05) is 13.8 Å². The van der Waals surface area contributed by atoms with Crippen LogP contribution in [-0.4, -0.2) is 30.2 Å². The lowest BCUT2D eigenvalue weighted by Crippen LogP contribution is -2.32. The van der Waals surface area contributed by atoms with Gasteiger partial charge in [0.25, 0.3) is 5.91 Å². The quantitative estimate of drug-likeness (QED) is 0.690. The van der Waals surface area contributed by atoms with Gasteiger partial charge in [0, 0.05) is 29.3 Å². The summed E-state index contributed by atoms with van der Waals surface area (Å²) in [5.41, 5.74) is 1.62. The molecule has 4 nitrogen and oxygen atoms in total. The van der Waals surface area contributed by atoms with Crippen LogP contribution in [0, 0.1) is 5.41 Å². The first-order valence-electron chi connectivity index (χ1n) is 7.88. The molecule has 21 heavy (non-hydrogen) atoms. The van der Waals surface area contributed by atoms with Crippen molar-refractivity contribution in [2.75, 3.05) is 18.5 Å². The van der Waals surface area contributed by atoms with E-state index >= 15 is 0 Å². The zero-order valence-corrected chi connectivity index (χ0v) is 13.0. The van der Waals surface area contributed by atoms with Gasteiger partial charge in [-0.05, 0) is 49.9 Å². The Hall–Kier alpha value is -1.55. The lowest BCUT2D eigenvalue weighted by molar-refractivity contribution is 0.0951. The van der Waals surface area contributed by atoms with Crippen molar-refractivity contribution >= 4 is 11.6 Å². The van der Waals surface area contributed by atoms with Crippen LogP contribution in [0.1, 0.15) is 49.9 Å².